The molecule has 0 aromatic carbocycles. The van der Waals surface area contributed by atoms with Gasteiger partial charge in [-0.15, -0.1) is 0 Å². The minimum absolute atomic E-state index is 0.0801. The van der Waals surface area contributed by atoms with E-state index in [4.69, 9.17) is 14.2 Å². The minimum Gasteiger partial charge on any atom is -0.462 e. The fraction of sp³-hybridized carbons (Fsp3) is 0.754. The molecular formula is C69H120O6. The third-order valence-corrected chi connectivity index (χ3v) is 13.9. The Morgan fingerprint density at radius 1 is 0.280 bits per heavy atom. The van der Waals surface area contributed by atoms with E-state index in [9.17, 15) is 14.4 Å². The van der Waals surface area contributed by atoms with Crippen molar-refractivity contribution in [2.24, 2.45) is 0 Å². The van der Waals surface area contributed by atoms with Gasteiger partial charge in [-0.25, -0.2) is 0 Å². The van der Waals surface area contributed by atoms with Crippen molar-refractivity contribution >= 4 is 17.9 Å². The lowest BCUT2D eigenvalue weighted by molar-refractivity contribution is -0.167. The Hall–Kier alpha value is -3.41. The van der Waals surface area contributed by atoms with E-state index in [1.54, 1.807) is 0 Å². The number of carbonyl (C=O) groups excluding carboxylic acids is 3. The van der Waals surface area contributed by atoms with E-state index in [1.807, 2.05) is 0 Å². The van der Waals surface area contributed by atoms with E-state index in [2.05, 4.69) is 106 Å². The molecule has 75 heavy (non-hydrogen) atoms. The van der Waals surface area contributed by atoms with Gasteiger partial charge in [0.25, 0.3) is 0 Å². The van der Waals surface area contributed by atoms with Gasteiger partial charge >= 0.3 is 17.9 Å². The Labute approximate surface area is 465 Å². The van der Waals surface area contributed by atoms with Crippen LogP contribution in [0.5, 0.6) is 0 Å². The Balaban J connectivity index is 4.32. The van der Waals surface area contributed by atoms with Crippen LogP contribution in [0.15, 0.2) is 85.1 Å². The molecule has 0 saturated heterocycles. The summed E-state index contributed by atoms with van der Waals surface area (Å²) in [7, 11) is 0. The van der Waals surface area contributed by atoms with Gasteiger partial charge < -0.3 is 14.2 Å². The van der Waals surface area contributed by atoms with Gasteiger partial charge in [0.05, 0.1) is 0 Å². The predicted molar refractivity (Wildman–Crippen MR) is 325 cm³/mol. The van der Waals surface area contributed by atoms with Gasteiger partial charge in [-0.2, -0.15) is 0 Å². The minimum atomic E-state index is -0.784. The first-order chi connectivity index (χ1) is 37.0. The highest BCUT2D eigenvalue weighted by Crippen LogP contribution is 2.17. The van der Waals surface area contributed by atoms with Crippen molar-refractivity contribution < 1.29 is 28.6 Å². The Bertz CT molecular complexity index is 1430. The molecule has 0 bridgehead atoms. The highest BCUT2D eigenvalue weighted by atomic mass is 16.6. The fourth-order valence-corrected chi connectivity index (χ4v) is 9.16. The summed E-state index contributed by atoms with van der Waals surface area (Å²) < 4.78 is 16.9. The molecule has 0 rings (SSSR count). The maximum atomic E-state index is 12.9. The summed E-state index contributed by atoms with van der Waals surface area (Å²) in [5.41, 5.74) is 0. The number of carbonyl (C=O) groups is 3. The van der Waals surface area contributed by atoms with Gasteiger partial charge in [0.1, 0.15) is 13.2 Å². The van der Waals surface area contributed by atoms with Gasteiger partial charge in [0, 0.05) is 19.3 Å². The van der Waals surface area contributed by atoms with E-state index in [0.29, 0.717) is 19.3 Å². The van der Waals surface area contributed by atoms with Crippen LogP contribution in [0.3, 0.4) is 0 Å². The summed E-state index contributed by atoms with van der Waals surface area (Å²) in [4.78, 5) is 38.3. The van der Waals surface area contributed by atoms with Crippen LogP contribution in [0.1, 0.15) is 316 Å². The molecule has 0 aromatic heterocycles. The van der Waals surface area contributed by atoms with E-state index in [1.165, 1.54) is 154 Å². The predicted octanol–water partition coefficient (Wildman–Crippen LogP) is 21.9. The zero-order chi connectivity index (χ0) is 54.3. The SMILES string of the molecule is CC/C=C\C/C=C\C/C=C\C/C=C\CCCCCCCCCCCCCCC(=O)OCC(COC(=O)CCCCCCC/C=C\C/C=C\C/C=C\CC)OC(=O)CCCCCCCCCCCCCCCCCCC. The summed E-state index contributed by atoms with van der Waals surface area (Å²) in [5.74, 6) is -0.884. The molecule has 0 N–H and O–H groups in total. The molecule has 432 valence electrons. The van der Waals surface area contributed by atoms with Crippen LogP contribution in [0, 0.1) is 0 Å². The van der Waals surface area contributed by atoms with E-state index in [-0.39, 0.29) is 31.1 Å². The maximum Gasteiger partial charge on any atom is 0.306 e. The molecule has 6 heteroatoms. The third-order valence-electron chi connectivity index (χ3n) is 13.9. The van der Waals surface area contributed by atoms with Gasteiger partial charge in [-0.05, 0) is 89.9 Å². The van der Waals surface area contributed by atoms with Crippen LogP contribution in [0.4, 0.5) is 0 Å². The molecule has 1 unspecified atom stereocenters. The first-order valence-corrected chi connectivity index (χ1v) is 32.1. The molecule has 0 aliphatic rings. The van der Waals surface area contributed by atoms with Crippen LogP contribution in [-0.2, 0) is 28.6 Å². The summed E-state index contributed by atoms with van der Waals surface area (Å²) in [6.07, 6.45) is 83.0. The second-order valence-electron chi connectivity index (χ2n) is 21.3. The van der Waals surface area contributed by atoms with Crippen molar-refractivity contribution in [3.05, 3.63) is 85.1 Å². The standard InChI is InChI=1S/C69H120O6/c1-4-7-10-13-16-19-22-25-28-30-31-32-33-34-35-36-37-39-41-44-47-50-53-56-59-62-68(71)74-65-66(64-73-67(70)61-58-55-52-49-46-43-40-27-24-21-18-15-12-9-6-3)75-69(72)63-60-57-54-51-48-45-42-38-29-26-23-20-17-14-11-8-5-2/h7,9-10,12,16,18-19,21,25,27-28,31-32,40,66H,4-6,8,11,13-15,17,20,22-24,26,29-30,33-39,41-65H2,1-3H3/b10-7-,12-9-,19-16-,21-18-,28-25-,32-31-,40-27-. The molecule has 0 fully saturated rings. The molecule has 0 aromatic rings. The van der Waals surface area contributed by atoms with Crippen molar-refractivity contribution in [2.75, 3.05) is 13.2 Å². The highest BCUT2D eigenvalue weighted by molar-refractivity contribution is 5.71. The molecular weight excluding hydrogens is 925 g/mol. The second kappa shape index (κ2) is 63.1. The Kier molecular flexibility index (Phi) is 60.3. The van der Waals surface area contributed by atoms with E-state index in [0.717, 1.165) is 122 Å². The molecule has 0 spiro atoms. The number of esters is 3. The molecule has 0 heterocycles. The zero-order valence-corrected chi connectivity index (χ0v) is 49.6. The fourth-order valence-electron chi connectivity index (χ4n) is 9.16. The summed E-state index contributed by atoms with van der Waals surface area (Å²) >= 11 is 0. The second-order valence-corrected chi connectivity index (χ2v) is 21.3. The van der Waals surface area contributed by atoms with Gasteiger partial charge in [0.2, 0.25) is 0 Å². The average Bonchev–Trinajstić information content (AvgIpc) is 3.41. The number of rotatable bonds is 58. The number of hydrogen-bond acceptors (Lipinski definition) is 6. The van der Waals surface area contributed by atoms with Crippen LogP contribution in [0.25, 0.3) is 0 Å². The molecule has 0 aliphatic carbocycles. The number of unbranched alkanes of at least 4 members (excludes halogenated alkanes) is 33. The van der Waals surface area contributed by atoms with Gasteiger partial charge in [0.15, 0.2) is 6.10 Å². The topological polar surface area (TPSA) is 78.9 Å². The smallest absolute Gasteiger partial charge is 0.306 e. The normalized spacial score (nSPS) is 12.6. The Morgan fingerprint density at radius 2 is 0.520 bits per heavy atom. The van der Waals surface area contributed by atoms with Crippen LogP contribution in [-0.4, -0.2) is 37.2 Å². The highest BCUT2D eigenvalue weighted by Gasteiger charge is 2.19. The van der Waals surface area contributed by atoms with Crippen LogP contribution < -0.4 is 0 Å². The zero-order valence-electron chi connectivity index (χ0n) is 49.6. The number of allylic oxidation sites excluding steroid dienone is 14. The summed E-state index contributed by atoms with van der Waals surface area (Å²) in [6, 6.07) is 0. The average molecular weight is 1050 g/mol. The summed E-state index contributed by atoms with van der Waals surface area (Å²) in [6.45, 7) is 6.44. The van der Waals surface area contributed by atoms with E-state index >= 15 is 0 Å². The first kappa shape index (κ1) is 71.6. The van der Waals surface area contributed by atoms with Crippen molar-refractivity contribution in [1.82, 2.24) is 0 Å². The van der Waals surface area contributed by atoms with Gasteiger partial charge in [-0.1, -0.05) is 292 Å². The monoisotopic (exact) mass is 1040 g/mol. The van der Waals surface area contributed by atoms with Crippen molar-refractivity contribution in [1.29, 1.82) is 0 Å². The number of ether oxygens (including phenoxy) is 3. The molecule has 0 aliphatic heterocycles. The first-order valence-electron chi connectivity index (χ1n) is 32.1. The van der Waals surface area contributed by atoms with Gasteiger partial charge in [-0.3, -0.25) is 14.4 Å². The molecule has 0 amide bonds. The molecule has 1 atom stereocenters. The molecule has 6 nitrogen and oxygen atoms in total. The van der Waals surface area contributed by atoms with Crippen molar-refractivity contribution in [3.63, 3.8) is 0 Å². The lowest BCUT2D eigenvalue weighted by Crippen LogP contribution is -2.30. The van der Waals surface area contributed by atoms with Crippen molar-refractivity contribution in [2.45, 2.75) is 322 Å². The lowest BCUT2D eigenvalue weighted by Gasteiger charge is -2.18. The lowest BCUT2D eigenvalue weighted by atomic mass is 10.0. The van der Waals surface area contributed by atoms with Crippen LogP contribution in [0.2, 0.25) is 0 Å². The summed E-state index contributed by atoms with van der Waals surface area (Å²) in [5, 5.41) is 0. The Morgan fingerprint density at radius 3 is 0.813 bits per heavy atom. The number of hydrogen-bond donors (Lipinski definition) is 0. The largest absolute Gasteiger partial charge is 0.462 e. The molecule has 0 saturated carbocycles. The van der Waals surface area contributed by atoms with E-state index < -0.39 is 6.10 Å². The third kappa shape index (κ3) is 61.3. The maximum absolute atomic E-state index is 12.9. The van der Waals surface area contributed by atoms with Crippen molar-refractivity contribution in [3.8, 4) is 0 Å². The van der Waals surface area contributed by atoms with Crippen LogP contribution >= 0.6 is 0 Å². The molecule has 0 radical (unpaired) electrons. The quantitative estimate of drug-likeness (QED) is 0.0261.